The van der Waals surface area contributed by atoms with E-state index in [1.54, 1.807) is 19.1 Å². The Morgan fingerprint density at radius 3 is 2.55 bits per heavy atom. The largest absolute Gasteiger partial charge is 0.573 e. The predicted octanol–water partition coefficient (Wildman–Crippen LogP) is 4.23. The molecule has 0 spiro atoms. The molecule has 2 aromatic carbocycles. The van der Waals surface area contributed by atoms with Crippen LogP contribution >= 0.6 is 0 Å². The summed E-state index contributed by atoms with van der Waals surface area (Å²) < 4.78 is 46.4. The van der Waals surface area contributed by atoms with E-state index in [9.17, 15) is 18.0 Å². The van der Waals surface area contributed by atoms with Crippen LogP contribution in [0.3, 0.4) is 0 Å². The van der Waals surface area contributed by atoms with E-state index in [1.165, 1.54) is 12.1 Å². The first-order valence-electron chi connectivity index (χ1n) is 9.23. The molecule has 3 aromatic rings. The number of ether oxygens (including phenoxy) is 2. The maximum absolute atomic E-state index is 12.4. The number of hydrogen-bond donors (Lipinski definition) is 2. The van der Waals surface area contributed by atoms with Crippen LogP contribution in [0.4, 0.5) is 13.2 Å². The van der Waals surface area contributed by atoms with Crippen LogP contribution in [-0.4, -0.2) is 30.0 Å². The molecule has 2 atom stereocenters. The fraction of sp³-hybridized carbons (Fsp3) is 0.286. The first-order chi connectivity index (χ1) is 13.9. The number of aromatic nitrogens is 1. The lowest BCUT2D eigenvalue weighted by atomic mass is 9.90. The number of nitrogens with one attached hydrogen (secondary N) is 2. The lowest BCUT2D eigenvalue weighted by Crippen LogP contribution is -2.45. The molecule has 8 heteroatoms. The Hall–Kier alpha value is -3.00. The van der Waals surface area contributed by atoms with Crippen molar-refractivity contribution in [1.29, 1.82) is 0 Å². The molecule has 2 unspecified atom stereocenters. The molecule has 1 aliphatic heterocycles. The fourth-order valence-electron chi connectivity index (χ4n) is 3.75. The van der Waals surface area contributed by atoms with Crippen molar-refractivity contribution in [2.24, 2.45) is 0 Å². The highest BCUT2D eigenvalue weighted by Gasteiger charge is 2.35. The number of hydrogen-bond acceptors (Lipinski definition) is 4. The highest BCUT2D eigenvalue weighted by Crippen LogP contribution is 2.36. The molecule has 1 aliphatic rings. The van der Waals surface area contributed by atoms with Crippen molar-refractivity contribution in [3.8, 4) is 5.75 Å². The molecule has 0 bridgehead atoms. The second kappa shape index (κ2) is 7.44. The molecule has 0 radical (unpaired) electrons. The summed E-state index contributed by atoms with van der Waals surface area (Å²) in [7, 11) is 0. The van der Waals surface area contributed by atoms with Gasteiger partial charge in [-0.2, -0.15) is 0 Å². The minimum atomic E-state index is -4.75. The van der Waals surface area contributed by atoms with Crippen molar-refractivity contribution in [3.63, 3.8) is 0 Å². The Kier molecular flexibility index (Phi) is 4.96. The van der Waals surface area contributed by atoms with Gasteiger partial charge >= 0.3 is 12.3 Å². The van der Waals surface area contributed by atoms with E-state index >= 15 is 0 Å². The van der Waals surface area contributed by atoms with Crippen LogP contribution in [0.1, 0.15) is 29.8 Å². The number of H-pyrrole nitrogens is 1. The van der Waals surface area contributed by atoms with Gasteiger partial charge in [-0.05, 0) is 36.2 Å². The average molecular weight is 404 g/mol. The molecule has 1 aromatic heterocycles. The zero-order valence-electron chi connectivity index (χ0n) is 15.5. The normalized spacial score (nSPS) is 19.0. The van der Waals surface area contributed by atoms with Gasteiger partial charge in [-0.25, -0.2) is 0 Å². The summed E-state index contributed by atoms with van der Waals surface area (Å²) in [6.45, 7) is 2.01. The van der Waals surface area contributed by atoms with Crippen LogP contribution in [0.5, 0.6) is 5.75 Å². The third kappa shape index (κ3) is 3.93. The van der Waals surface area contributed by atoms with Crippen LogP contribution in [0.2, 0.25) is 0 Å². The molecule has 0 saturated heterocycles. The Morgan fingerprint density at radius 1 is 1.14 bits per heavy atom. The van der Waals surface area contributed by atoms with Gasteiger partial charge in [0.25, 0.3) is 0 Å². The zero-order valence-corrected chi connectivity index (χ0v) is 15.5. The van der Waals surface area contributed by atoms with E-state index < -0.39 is 18.4 Å². The number of benzene rings is 2. The van der Waals surface area contributed by atoms with Gasteiger partial charge in [0.2, 0.25) is 0 Å². The van der Waals surface area contributed by atoms with Crippen LogP contribution in [0, 0.1) is 0 Å². The Labute approximate surface area is 164 Å². The summed E-state index contributed by atoms with van der Waals surface area (Å²) >= 11 is 0. The number of aromatic amines is 1. The molecule has 0 saturated carbocycles. The van der Waals surface area contributed by atoms with E-state index in [2.05, 4.69) is 15.0 Å². The second-order valence-corrected chi connectivity index (χ2v) is 6.79. The van der Waals surface area contributed by atoms with Crippen LogP contribution in [-0.2, 0) is 16.0 Å². The number of halogens is 3. The molecule has 152 valence electrons. The Morgan fingerprint density at radius 2 is 1.86 bits per heavy atom. The number of alkyl halides is 3. The van der Waals surface area contributed by atoms with Gasteiger partial charge in [0.15, 0.2) is 0 Å². The lowest BCUT2D eigenvalue weighted by molar-refractivity contribution is -0.274. The van der Waals surface area contributed by atoms with Crippen LogP contribution in [0.25, 0.3) is 10.9 Å². The molecule has 2 N–H and O–H groups in total. The first-order valence-corrected chi connectivity index (χ1v) is 9.23. The minimum Gasteiger partial charge on any atom is -0.465 e. The molecule has 4 rings (SSSR count). The van der Waals surface area contributed by atoms with Crippen LogP contribution in [0.15, 0.2) is 48.5 Å². The molecular formula is C21H19F3N2O3. The van der Waals surface area contributed by atoms with Gasteiger partial charge in [0, 0.05) is 23.0 Å². The van der Waals surface area contributed by atoms with Crippen molar-refractivity contribution in [1.82, 2.24) is 10.3 Å². The molecule has 2 heterocycles. The quantitative estimate of drug-likeness (QED) is 0.639. The molecule has 29 heavy (non-hydrogen) atoms. The Balaban J connectivity index is 1.73. The summed E-state index contributed by atoms with van der Waals surface area (Å²) in [4.78, 5) is 15.8. The number of rotatable bonds is 4. The monoisotopic (exact) mass is 404 g/mol. The fourth-order valence-corrected chi connectivity index (χ4v) is 3.75. The van der Waals surface area contributed by atoms with Crippen molar-refractivity contribution in [2.45, 2.75) is 31.8 Å². The average Bonchev–Trinajstić information content (AvgIpc) is 3.05. The number of para-hydroxylation sites is 1. The van der Waals surface area contributed by atoms with Gasteiger partial charge in [0.05, 0.1) is 12.6 Å². The number of carbonyl (C=O) groups excluding carboxylic acids is 1. The van der Waals surface area contributed by atoms with E-state index in [-0.39, 0.29) is 18.3 Å². The Bertz CT molecular complexity index is 1030. The highest BCUT2D eigenvalue weighted by molar-refractivity contribution is 5.87. The van der Waals surface area contributed by atoms with E-state index in [0.717, 1.165) is 22.2 Å². The standard InChI is InChI=1S/C21H19F3N2O3/c1-2-28-20(27)17-11-15-14-5-3-4-6-16(14)25-19(15)18(26-17)12-7-9-13(10-8-12)29-21(22,23)24/h3-10,17-18,25-26H,2,11H2,1H3. The molecule has 5 nitrogen and oxygen atoms in total. The SMILES string of the molecule is CCOC(=O)C1Cc2c([nH]c3ccccc23)C(c2ccc(OC(F)(F)F)cc2)N1. The summed E-state index contributed by atoms with van der Waals surface area (Å²) in [5, 5.41) is 4.28. The predicted molar refractivity (Wildman–Crippen MR) is 101 cm³/mol. The molecule has 0 fully saturated rings. The molecule has 0 aliphatic carbocycles. The third-order valence-corrected chi connectivity index (χ3v) is 4.93. The molecule has 0 amide bonds. The van der Waals surface area contributed by atoms with E-state index in [1.807, 2.05) is 24.3 Å². The van der Waals surface area contributed by atoms with Gasteiger partial charge in [-0.15, -0.1) is 13.2 Å². The maximum atomic E-state index is 12.4. The summed E-state index contributed by atoms with van der Waals surface area (Å²) in [6.07, 6.45) is -4.28. The van der Waals surface area contributed by atoms with Crippen molar-refractivity contribution < 1.29 is 27.4 Å². The van der Waals surface area contributed by atoms with E-state index in [0.29, 0.717) is 12.0 Å². The number of carbonyl (C=O) groups is 1. The summed E-state index contributed by atoms with van der Waals surface area (Å²) in [6, 6.07) is 12.5. The lowest BCUT2D eigenvalue weighted by Gasteiger charge is -2.30. The zero-order chi connectivity index (χ0) is 20.6. The summed E-state index contributed by atoms with van der Waals surface area (Å²) in [5.41, 5.74) is 3.53. The van der Waals surface area contributed by atoms with Crippen molar-refractivity contribution >= 4 is 16.9 Å². The topological polar surface area (TPSA) is 63.4 Å². The highest BCUT2D eigenvalue weighted by atomic mass is 19.4. The van der Waals surface area contributed by atoms with Gasteiger partial charge in [-0.3, -0.25) is 10.1 Å². The van der Waals surface area contributed by atoms with Crippen molar-refractivity contribution in [3.05, 3.63) is 65.4 Å². The van der Waals surface area contributed by atoms with Gasteiger partial charge in [0.1, 0.15) is 11.8 Å². The second-order valence-electron chi connectivity index (χ2n) is 6.79. The smallest absolute Gasteiger partial charge is 0.465 e. The van der Waals surface area contributed by atoms with Crippen molar-refractivity contribution in [2.75, 3.05) is 6.61 Å². The third-order valence-electron chi connectivity index (χ3n) is 4.93. The van der Waals surface area contributed by atoms with E-state index in [4.69, 9.17) is 4.74 Å². The van der Waals surface area contributed by atoms with Gasteiger partial charge < -0.3 is 14.5 Å². The molecular weight excluding hydrogens is 385 g/mol. The first kappa shape index (κ1) is 19.3. The number of esters is 1. The maximum Gasteiger partial charge on any atom is 0.573 e. The summed E-state index contributed by atoms with van der Waals surface area (Å²) in [5.74, 6) is -0.652. The minimum absolute atomic E-state index is 0.270. The van der Waals surface area contributed by atoms with Crippen LogP contribution < -0.4 is 10.1 Å². The number of fused-ring (bicyclic) bond motifs is 3. The van der Waals surface area contributed by atoms with Gasteiger partial charge in [-0.1, -0.05) is 30.3 Å².